The number of methoxy groups -OCH3 is 1. The topological polar surface area (TPSA) is 42.4 Å². The molecule has 3 nitrogen and oxygen atoms in total. The van der Waals surface area contributed by atoms with Crippen LogP contribution < -0.4 is 0 Å². The highest BCUT2D eigenvalue weighted by molar-refractivity contribution is 7.09. The predicted molar refractivity (Wildman–Crippen MR) is 57.6 cm³/mol. The zero-order valence-corrected chi connectivity index (χ0v) is 9.67. The van der Waals surface area contributed by atoms with E-state index < -0.39 is 0 Å². The van der Waals surface area contributed by atoms with Gasteiger partial charge in [-0.15, -0.1) is 11.3 Å². The highest BCUT2D eigenvalue weighted by atomic mass is 32.1. The molecule has 80 valence electrons. The van der Waals surface area contributed by atoms with E-state index in [2.05, 4.69) is 4.98 Å². The van der Waals surface area contributed by atoms with Crippen molar-refractivity contribution in [3.63, 3.8) is 0 Å². The Bertz CT molecular complexity index is 275. The van der Waals surface area contributed by atoms with Crippen LogP contribution in [0.15, 0.2) is 5.38 Å². The van der Waals surface area contributed by atoms with Gasteiger partial charge in [0.2, 0.25) is 0 Å². The SMILES string of the molecule is COCC(C)C(O)Cc1csc(C)n1. The number of thiazole rings is 1. The summed E-state index contributed by atoms with van der Waals surface area (Å²) >= 11 is 1.62. The van der Waals surface area contributed by atoms with Crippen molar-refractivity contribution in [3.05, 3.63) is 16.1 Å². The molecule has 0 saturated carbocycles. The summed E-state index contributed by atoms with van der Waals surface area (Å²) in [4.78, 5) is 4.31. The molecule has 1 aromatic heterocycles. The van der Waals surface area contributed by atoms with Crippen molar-refractivity contribution in [2.24, 2.45) is 5.92 Å². The van der Waals surface area contributed by atoms with Gasteiger partial charge in [-0.05, 0) is 6.92 Å². The van der Waals surface area contributed by atoms with E-state index in [1.54, 1.807) is 18.4 Å². The summed E-state index contributed by atoms with van der Waals surface area (Å²) in [6.45, 7) is 4.54. The van der Waals surface area contributed by atoms with Gasteiger partial charge in [0.25, 0.3) is 0 Å². The molecule has 0 saturated heterocycles. The van der Waals surface area contributed by atoms with Gasteiger partial charge in [0, 0.05) is 24.8 Å². The van der Waals surface area contributed by atoms with Gasteiger partial charge >= 0.3 is 0 Å². The van der Waals surface area contributed by atoms with Gasteiger partial charge in [0.15, 0.2) is 0 Å². The maximum absolute atomic E-state index is 9.80. The first kappa shape index (κ1) is 11.6. The number of rotatable bonds is 5. The fourth-order valence-electron chi connectivity index (χ4n) is 1.29. The molecule has 0 spiro atoms. The summed E-state index contributed by atoms with van der Waals surface area (Å²) in [7, 11) is 1.65. The molecule has 14 heavy (non-hydrogen) atoms. The van der Waals surface area contributed by atoms with Crippen molar-refractivity contribution in [2.75, 3.05) is 13.7 Å². The van der Waals surface area contributed by atoms with Crippen LogP contribution in [0.2, 0.25) is 0 Å². The van der Waals surface area contributed by atoms with E-state index in [4.69, 9.17) is 4.74 Å². The number of ether oxygens (including phenoxy) is 1. The predicted octanol–water partition coefficient (Wildman–Crippen LogP) is 1.64. The van der Waals surface area contributed by atoms with Crippen molar-refractivity contribution in [2.45, 2.75) is 26.4 Å². The van der Waals surface area contributed by atoms with E-state index in [9.17, 15) is 5.11 Å². The third-order valence-electron chi connectivity index (χ3n) is 2.17. The molecule has 0 aliphatic heterocycles. The molecular formula is C10H17NO2S. The summed E-state index contributed by atoms with van der Waals surface area (Å²) in [6.07, 6.45) is 0.256. The first-order valence-corrected chi connectivity index (χ1v) is 5.59. The lowest BCUT2D eigenvalue weighted by Crippen LogP contribution is -2.24. The average Bonchev–Trinajstić information content (AvgIpc) is 2.51. The fraction of sp³-hybridized carbons (Fsp3) is 0.700. The van der Waals surface area contributed by atoms with E-state index in [0.29, 0.717) is 13.0 Å². The Morgan fingerprint density at radius 1 is 1.64 bits per heavy atom. The minimum absolute atomic E-state index is 0.155. The molecule has 0 amide bonds. The van der Waals surface area contributed by atoms with Crippen molar-refractivity contribution in [3.8, 4) is 0 Å². The molecule has 1 N–H and O–H groups in total. The van der Waals surface area contributed by atoms with Crippen LogP contribution in [0.1, 0.15) is 17.6 Å². The molecule has 0 radical (unpaired) electrons. The summed E-state index contributed by atoms with van der Waals surface area (Å²) < 4.78 is 4.99. The minimum atomic E-state index is -0.364. The van der Waals surface area contributed by atoms with Crippen molar-refractivity contribution < 1.29 is 9.84 Å². The second kappa shape index (κ2) is 5.44. The van der Waals surface area contributed by atoms with Gasteiger partial charge in [0.1, 0.15) is 0 Å². The molecular weight excluding hydrogens is 198 g/mol. The number of hydrogen-bond donors (Lipinski definition) is 1. The van der Waals surface area contributed by atoms with Crippen LogP contribution in [-0.2, 0) is 11.2 Å². The number of aliphatic hydroxyl groups is 1. The van der Waals surface area contributed by atoms with Crippen LogP contribution in [0, 0.1) is 12.8 Å². The van der Waals surface area contributed by atoms with Crippen molar-refractivity contribution in [1.82, 2.24) is 4.98 Å². The molecule has 1 aromatic rings. The van der Waals surface area contributed by atoms with Crippen molar-refractivity contribution in [1.29, 1.82) is 0 Å². The minimum Gasteiger partial charge on any atom is -0.392 e. The highest BCUT2D eigenvalue weighted by Crippen LogP contribution is 2.13. The van der Waals surface area contributed by atoms with E-state index in [0.717, 1.165) is 10.7 Å². The number of aromatic nitrogens is 1. The normalized spacial score (nSPS) is 15.4. The van der Waals surface area contributed by atoms with Gasteiger partial charge in [-0.3, -0.25) is 0 Å². The van der Waals surface area contributed by atoms with E-state index in [1.807, 2.05) is 19.2 Å². The quantitative estimate of drug-likeness (QED) is 0.812. The number of nitrogens with zero attached hydrogens (tertiary/aromatic N) is 1. The molecule has 0 bridgehead atoms. The zero-order chi connectivity index (χ0) is 10.6. The van der Waals surface area contributed by atoms with E-state index in [1.165, 1.54) is 0 Å². The molecule has 2 atom stereocenters. The number of aliphatic hydroxyl groups excluding tert-OH is 1. The summed E-state index contributed by atoms with van der Waals surface area (Å²) in [5, 5.41) is 12.8. The molecule has 1 rings (SSSR count). The second-order valence-electron chi connectivity index (χ2n) is 3.56. The maximum Gasteiger partial charge on any atom is 0.0897 e. The van der Waals surface area contributed by atoms with Crippen LogP contribution in [-0.4, -0.2) is 29.9 Å². The Kier molecular flexibility index (Phi) is 4.51. The van der Waals surface area contributed by atoms with Gasteiger partial charge in [-0.2, -0.15) is 0 Å². The molecule has 1 heterocycles. The lowest BCUT2D eigenvalue weighted by Gasteiger charge is -2.16. The monoisotopic (exact) mass is 215 g/mol. The van der Waals surface area contributed by atoms with Crippen LogP contribution in [0.4, 0.5) is 0 Å². The third kappa shape index (κ3) is 3.36. The zero-order valence-electron chi connectivity index (χ0n) is 8.86. The molecule has 0 aliphatic rings. The largest absolute Gasteiger partial charge is 0.392 e. The van der Waals surface area contributed by atoms with Crippen LogP contribution >= 0.6 is 11.3 Å². The lowest BCUT2D eigenvalue weighted by atomic mass is 10.0. The summed E-state index contributed by atoms with van der Waals surface area (Å²) in [5.74, 6) is 0.155. The van der Waals surface area contributed by atoms with Crippen LogP contribution in [0.3, 0.4) is 0 Å². The highest BCUT2D eigenvalue weighted by Gasteiger charge is 2.15. The average molecular weight is 215 g/mol. The molecule has 0 aromatic carbocycles. The Morgan fingerprint density at radius 3 is 2.86 bits per heavy atom. The van der Waals surface area contributed by atoms with Gasteiger partial charge < -0.3 is 9.84 Å². The van der Waals surface area contributed by atoms with Crippen LogP contribution in [0.5, 0.6) is 0 Å². The Morgan fingerprint density at radius 2 is 2.36 bits per heavy atom. The van der Waals surface area contributed by atoms with Crippen LogP contribution in [0.25, 0.3) is 0 Å². The molecule has 2 unspecified atom stereocenters. The number of hydrogen-bond acceptors (Lipinski definition) is 4. The third-order valence-corrected chi connectivity index (χ3v) is 2.99. The standard InChI is InChI=1S/C10H17NO2S/c1-7(5-13-3)10(12)4-9-6-14-8(2)11-9/h6-7,10,12H,4-5H2,1-3H3. The fourth-order valence-corrected chi connectivity index (χ4v) is 1.92. The number of aryl methyl sites for hydroxylation is 1. The first-order valence-electron chi connectivity index (χ1n) is 4.71. The van der Waals surface area contributed by atoms with Gasteiger partial charge in [0.05, 0.1) is 23.4 Å². The Labute approximate surface area is 88.8 Å². The maximum atomic E-state index is 9.80. The second-order valence-corrected chi connectivity index (χ2v) is 4.62. The van der Waals surface area contributed by atoms with Crippen molar-refractivity contribution >= 4 is 11.3 Å². The first-order chi connectivity index (χ1) is 6.63. The Hall–Kier alpha value is -0.450. The van der Waals surface area contributed by atoms with Gasteiger partial charge in [-0.25, -0.2) is 4.98 Å². The summed E-state index contributed by atoms with van der Waals surface area (Å²) in [6, 6.07) is 0. The lowest BCUT2D eigenvalue weighted by molar-refractivity contribution is 0.0570. The smallest absolute Gasteiger partial charge is 0.0897 e. The van der Waals surface area contributed by atoms with E-state index in [-0.39, 0.29) is 12.0 Å². The van der Waals surface area contributed by atoms with E-state index >= 15 is 0 Å². The van der Waals surface area contributed by atoms with Gasteiger partial charge in [-0.1, -0.05) is 6.92 Å². The molecule has 4 heteroatoms. The summed E-state index contributed by atoms with van der Waals surface area (Å²) in [5.41, 5.74) is 0.975. The molecule has 0 aliphatic carbocycles. The Balaban J connectivity index is 2.43. The molecule has 0 fully saturated rings.